The van der Waals surface area contributed by atoms with Crippen molar-refractivity contribution in [2.24, 2.45) is 0 Å². The predicted molar refractivity (Wildman–Crippen MR) is 83.3 cm³/mol. The Hall–Kier alpha value is -2.30. The molecule has 0 unspecified atom stereocenters. The highest BCUT2D eigenvalue weighted by Crippen LogP contribution is 2.23. The van der Waals surface area contributed by atoms with Crippen LogP contribution in [0.4, 0.5) is 11.5 Å². The van der Waals surface area contributed by atoms with Crippen molar-refractivity contribution < 1.29 is 4.63 Å². The van der Waals surface area contributed by atoms with Crippen LogP contribution in [0, 0.1) is 10.5 Å². The molecule has 8 nitrogen and oxygen atoms in total. The highest BCUT2D eigenvalue weighted by Gasteiger charge is 2.16. The third kappa shape index (κ3) is 2.00. The molecule has 0 atom stereocenters. The fourth-order valence-electron chi connectivity index (χ4n) is 2.07. The standard InChI is InChI=1S/C12H8IN7O/c1-6-16-17-11-9(14-8-4-2-7(13)3-5-8)15-10-12(20(6)11)19-21-18-10/h2-5H,1H3,(H,14,15,18). The molecular weight excluding hydrogens is 385 g/mol. The summed E-state index contributed by atoms with van der Waals surface area (Å²) in [7, 11) is 0. The minimum atomic E-state index is 0.401. The van der Waals surface area contributed by atoms with E-state index in [9.17, 15) is 0 Å². The molecule has 0 saturated heterocycles. The molecule has 0 amide bonds. The van der Waals surface area contributed by atoms with Crippen molar-refractivity contribution in [3.8, 4) is 0 Å². The molecule has 0 aliphatic rings. The van der Waals surface area contributed by atoms with Gasteiger partial charge in [-0.3, -0.25) is 4.40 Å². The third-order valence-corrected chi connectivity index (χ3v) is 3.75. The summed E-state index contributed by atoms with van der Waals surface area (Å²) < 4.78 is 7.67. The van der Waals surface area contributed by atoms with Gasteiger partial charge < -0.3 is 5.32 Å². The minimum Gasteiger partial charge on any atom is -0.337 e. The van der Waals surface area contributed by atoms with Crippen LogP contribution in [-0.4, -0.2) is 29.9 Å². The molecule has 0 spiro atoms. The molecule has 0 aliphatic heterocycles. The van der Waals surface area contributed by atoms with E-state index in [1.165, 1.54) is 0 Å². The Morgan fingerprint density at radius 3 is 2.71 bits per heavy atom. The van der Waals surface area contributed by atoms with Gasteiger partial charge in [0.15, 0.2) is 5.82 Å². The molecule has 1 aromatic carbocycles. The van der Waals surface area contributed by atoms with Crippen molar-refractivity contribution in [3.63, 3.8) is 0 Å². The number of nitrogens with one attached hydrogen (secondary N) is 1. The van der Waals surface area contributed by atoms with Crippen LogP contribution >= 0.6 is 22.6 Å². The second kappa shape index (κ2) is 4.62. The molecule has 104 valence electrons. The maximum atomic E-state index is 4.75. The average Bonchev–Trinajstić information content (AvgIpc) is 3.08. The normalized spacial score (nSPS) is 11.3. The summed E-state index contributed by atoms with van der Waals surface area (Å²) in [5, 5.41) is 19.1. The fourth-order valence-corrected chi connectivity index (χ4v) is 2.43. The third-order valence-electron chi connectivity index (χ3n) is 3.03. The Balaban J connectivity index is 1.92. The second-order valence-electron chi connectivity index (χ2n) is 4.41. The van der Waals surface area contributed by atoms with Crippen molar-refractivity contribution >= 4 is 51.0 Å². The van der Waals surface area contributed by atoms with Crippen LogP contribution in [0.5, 0.6) is 0 Å². The van der Waals surface area contributed by atoms with Gasteiger partial charge in [0.25, 0.3) is 0 Å². The van der Waals surface area contributed by atoms with Crippen LogP contribution in [0.15, 0.2) is 28.9 Å². The zero-order valence-corrected chi connectivity index (χ0v) is 12.9. The molecular formula is C12H8IN7O. The maximum absolute atomic E-state index is 4.75. The Kier molecular flexibility index (Phi) is 2.74. The summed E-state index contributed by atoms with van der Waals surface area (Å²) in [5.74, 6) is 1.25. The van der Waals surface area contributed by atoms with Gasteiger partial charge in [0, 0.05) is 9.26 Å². The summed E-state index contributed by atoms with van der Waals surface area (Å²) in [5.41, 5.74) is 2.38. The lowest BCUT2D eigenvalue weighted by Crippen LogP contribution is -2.01. The number of halogens is 1. The molecule has 1 N–H and O–H groups in total. The van der Waals surface area contributed by atoms with E-state index in [4.69, 9.17) is 4.63 Å². The summed E-state index contributed by atoms with van der Waals surface area (Å²) in [4.78, 5) is 4.39. The maximum Gasteiger partial charge on any atom is 0.244 e. The lowest BCUT2D eigenvalue weighted by molar-refractivity contribution is 0.313. The first-order valence-electron chi connectivity index (χ1n) is 6.09. The molecule has 3 aromatic heterocycles. The van der Waals surface area contributed by atoms with Gasteiger partial charge in [0.2, 0.25) is 16.9 Å². The lowest BCUT2D eigenvalue weighted by atomic mass is 10.3. The first-order valence-corrected chi connectivity index (χ1v) is 7.17. The van der Waals surface area contributed by atoms with E-state index >= 15 is 0 Å². The number of benzene rings is 1. The van der Waals surface area contributed by atoms with Crippen LogP contribution < -0.4 is 5.32 Å². The van der Waals surface area contributed by atoms with Gasteiger partial charge in [-0.1, -0.05) is 0 Å². The number of anilines is 2. The number of hydrogen-bond acceptors (Lipinski definition) is 7. The zero-order valence-electron chi connectivity index (χ0n) is 10.8. The smallest absolute Gasteiger partial charge is 0.244 e. The molecule has 4 aromatic rings. The van der Waals surface area contributed by atoms with Crippen molar-refractivity contribution in [2.75, 3.05) is 5.32 Å². The molecule has 0 aliphatic carbocycles. The van der Waals surface area contributed by atoms with Crippen LogP contribution in [0.1, 0.15) is 5.82 Å². The number of aromatic nitrogens is 6. The van der Waals surface area contributed by atoms with Gasteiger partial charge in [-0.15, -0.1) is 10.2 Å². The summed E-state index contributed by atoms with van der Waals surface area (Å²) >= 11 is 2.26. The summed E-state index contributed by atoms with van der Waals surface area (Å²) in [6.07, 6.45) is 0. The molecule has 9 heteroatoms. The quantitative estimate of drug-likeness (QED) is 0.523. The van der Waals surface area contributed by atoms with Gasteiger partial charge in [-0.25, -0.2) is 9.61 Å². The predicted octanol–water partition coefficient (Wildman–Crippen LogP) is 2.32. The topological polar surface area (TPSA) is 94.0 Å². The first-order chi connectivity index (χ1) is 10.2. The van der Waals surface area contributed by atoms with Crippen molar-refractivity contribution in [1.82, 2.24) is 29.9 Å². The van der Waals surface area contributed by atoms with E-state index in [1.54, 1.807) is 4.40 Å². The number of fused-ring (bicyclic) bond motifs is 3. The summed E-state index contributed by atoms with van der Waals surface area (Å²) in [6.45, 7) is 1.84. The monoisotopic (exact) mass is 393 g/mol. The molecule has 0 saturated carbocycles. The van der Waals surface area contributed by atoms with Crippen LogP contribution in [0.25, 0.3) is 16.9 Å². The minimum absolute atomic E-state index is 0.401. The Labute approximate surface area is 131 Å². The Morgan fingerprint density at radius 1 is 1.10 bits per heavy atom. The van der Waals surface area contributed by atoms with Crippen LogP contribution in [0.2, 0.25) is 0 Å². The SMILES string of the molecule is Cc1nnc2c(Nc3ccc(I)cc3)nc3nonc3n12. The van der Waals surface area contributed by atoms with E-state index in [-0.39, 0.29) is 0 Å². The average molecular weight is 393 g/mol. The number of aryl methyl sites for hydroxylation is 1. The highest BCUT2D eigenvalue weighted by molar-refractivity contribution is 14.1. The fraction of sp³-hybridized carbons (Fsp3) is 0.0833. The van der Waals surface area contributed by atoms with Gasteiger partial charge >= 0.3 is 0 Å². The second-order valence-corrected chi connectivity index (χ2v) is 5.66. The largest absolute Gasteiger partial charge is 0.337 e. The van der Waals surface area contributed by atoms with Crippen LogP contribution in [-0.2, 0) is 0 Å². The highest BCUT2D eigenvalue weighted by atomic mass is 127. The van der Waals surface area contributed by atoms with E-state index < -0.39 is 0 Å². The number of nitrogens with zero attached hydrogens (tertiary/aromatic N) is 6. The van der Waals surface area contributed by atoms with E-state index in [0.29, 0.717) is 28.6 Å². The van der Waals surface area contributed by atoms with E-state index in [1.807, 2.05) is 31.2 Å². The molecule has 0 radical (unpaired) electrons. The summed E-state index contributed by atoms with van der Waals surface area (Å²) in [6, 6.07) is 7.94. The van der Waals surface area contributed by atoms with Gasteiger partial charge in [0.1, 0.15) is 5.82 Å². The number of rotatable bonds is 2. The lowest BCUT2D eigenvalue weighted by Gasteiger charge is -2.06. The first kappa shape index (κ1) is 12.4. The van der Waals surface area contributed by atoms with Crippen molar-refractivity contribution in [1.29, 1.82) is 0 Å². The molecule has 4 rings (SSSR count). The van der Waals surface area contributed by atoms with Gasteiger partial charge in [-0.2, -0.15) is 0 Å². The molecule has 21 heavy (non-hydrogen) atoms. The van der Waals surface area contributed by atoms with E-state index in [2.05, 4.69) is 53.4 Å². The molecule has 0 fully saturated rings. The van der Waals surface area contributed by atoms with Crippen LogP contribution in [0.3, 0.4) is 0 Å². The van der Waals surface area contributed by atoms with Gasteiger partial charge in [-0.05, 0) is 64.1 Å². The number of hydrogen-bond donors (Lipinski definition) is 1. The van der Waals surface area contributed by atoms with Crippen molar-refractivity contribution in [2.45, 2.75) is 6.92 Å². The van der Waals surface area contributed by atoms with Gasteiger partial charge in [0.05, 0.1) is 0 Å². The zero-order chi connectivity index (χ0) is 14.4. The van der Waals surface area contributed by atoms with Crippen molar-refractivity contribution in [3.05, 3.63) is 33.7 Å². The Bertz CT molecular complexity index is 943. The molecule has 3 heterocycles. The Morgan fingerprint density at radius 2 is 1.90 bits per heavy atom. The molecule has 0 bridgehead atoms. The van der Waals surface area contributed by atoms with E-state index in [0.717, 1.165) is 9.26 Å².